The van der Waals surface area contributed by atoms with E-state index in [2.05, 4.69) is 4.99 Å². The zero-order chi connectivity index (χ0) is 22.1. The third-order valence-corrected chi connectivity index (χ3v) is 6.22. The van der Waals surface area contributed by atoms with E-state index in [1.54, 1.807) is 48.9 Å². The maximum Gasteiger partial charge on any atom is 0.338 e. The van der Waals surface area contributed by atoms with E-state index in [-0.39, 0.29) is 5.56 Å². The quantitative estimate of drug-likeness (QED) is 0.568. The van der Waals surface area contributed by atoms with Crippen LogP contribution in [0.25, 0.3) is 6.08 Å². The van der Waals surface area contributed by atoms with Crippen molar-refractivity contribution in [3.8, 4) is 5.75 Å². The molecule has 31 heavy (non-hydrogen) atoms. The Balaban J connectivity index is 1.96. The van der Waals surface area contributed by atoms with Crippen LogP contribution in [0.2, 0.25) is 5.02 Å². The Morgan fingerprint density at radius 1 is 1.19 bits per heavy atom. The molecule has 3 aromatic rings. The van der Waals surface area contributed by atoms with Gasteiger partial charge in [-0.3, -0.25) is 9.36 Å². The molecular formula is C23H19ClN2O4S. The van der Waals surface area contributed by atoms with Crippen LogP contribution in [0.15, 0.2) is 69.6 Å². The smallest absolute Gasteiger partial charge is 0.338 e. The molecule has 0 aliphatic carbocycles. The lowest BCUT2D eigenvalue weighted by atomic mass is 9.96. The topological polar surface area (TPSA) is 69.9 Å². The number of halogens is 1. The third kappa shape index (κ3) is 3.94. The van der Waals surface area contributed by atoms with Crippen LogP contribution in [0.1, 0.15) is 24.1 Å². The molecule has 158 valence electrons. The molecule has 0 N–H and O–H groups in total. The van der Waals surface area contributed by atoms with Crippen LogP contribution in [-0.4, -0.2) is 24.8 Å². The first-order valence-corrected chi connectivity index (χ1v) is 10.6. The molecule has 0 spiro atoms. The number of carbonyl (C=O) groups is 1. The van der Waals surface area contributed by atoms with Gasteiger partial charge in [-0.1, -0.05) is 47.2 Å². The summed E-state index contributed by atoms with van der Waals surface area (Å²) in [5.41, 5.74) is 2.17. The van der Waals surface area contributed by atoms with Gasteiger partial charge in [-0.05, 0) is 48.4 Å². The predicted octanol–water partition coefficient (Wildman–Crippen LogP) is 3.07. The molecule has 2 aromatic carbocycles. The average molecular weight is 455 g/mol. The van der Waals surface area contributed by atoms with Gasteiger partial charge >= 0.3 is 5.97 Å². The van der Waals surface area contributed by atoms with Crippen LogP contribution in [0.4, 0.5) is 0 Å². The number of aromatic nitrogens is 1. The van der Waals surface area contributed by atoms with Crippen molar-refractivity contribution in [2.24, 2.45) is 4.99 Å². The predicted molar refractivity (Wildman–Crippen MR) is 120 cm³/mol. The van der Waals surface area contributed by atoms with Crippen LogP contribution in [0.3, 0.4) is 0 Å². The van der Waals surface area contributed by atoms with E-state index in [1.807, 2.05) is 24.3 Å². The van der Waals surface area contributed by atoms with Gasteiger partial charge in [0.2, 0.25) is 0 Å². The monoisotopic (exact) mass is 454 g/mol. The number of carbonyl (C=O) groups excluding carboxylic acids is 1. The van der Waals surface area contributed by atoms with Gasteiger partial charge in [-0.15, -0.1) is 0 Å². The van der Waals surface area contributed by atoms with E-state index in [0.29, 0.717) is 31.4 Å². The third-order valence-electron chi connectivity index (χ3n) is 5.00. The van der Waals surface area contributed by atoms with Gasteiger partial charge in [0, 0.05) is 5.02 Å². The number of rotatable bonds is 4. The summed E-state index contributed by atoms with van der Waals surface area (Å²) in [7, 11) is 2.90. The molecule has 6 nitrogen and oxygen atoms in total. The molecule has 0 unspecified atom stereocenters. The van der Waals surface area contributed by atoms with Crippen LogP contribution in [0, 0.1) is 0 Å². The van der Waals surface area contributed by atoms with E-state index in [0.717, 1.165) is 11.1 Å². The fourth-order valence-corrected chi connectivity index (χ4v) is 4.79. The number of thiazole rings is 1. The lowest BCUT2D eigenvalue weighted by molar-refractivity contribution is -0.136. The summed E-state index contributed by atoms with van der Waals surface area (Å²) < 4.78 is 12.3. The lowest BCUT2D eigenvalue weighted by Gasteiger charge is -2.24. The fraction of sp³-hybridized carbons (Fsp3) is 0.174. The Hall–Kier alpha value is -3.16. The van der Waals surface area contributed by atoms with E-state index in [1.165, 1.54) is 18.4 Å². The largest absolute Gasteiger partial charge is 0.497 e. The number of methoxy groups -OCH3 is 2. The minimum absolute atomic E-state index is 0.238. The molecule has 0 saturated carbocycles. The second-order valence-corrected chi connectivity index (χ2v) is 8.35. The molecule has 8 heteroatoms. The van der Waals surface area contributed by atoms with Crippen molar-refractivity contribution in [2.75, 3.05) is 14.2 Å². The van der Waals surface area contributed by atoms with Crippen molar-refractivity contribution in [3.05, 3.63) is 95.6 Å². The number of hydrogen-bond acceptors (Lipinski definition) is 6. The van der Waals surface area contributed by atoms with Crippen LogP contribution in [-0.2, 0) is 9.53 Å². The van der Waals surface area contributed by atoms with Crippen molar-refractivity contribution in [3.63, 3.8) is 0 Å². The van der Waals surface area contributed by atoms with Gasteiger partial charge in [-0.2, -0.15) is 0 Å². The number of ether oxygens (including phenoxy) is 2. The van der Waals surface area contributed by atoms with Crippen LogP contribution < -0.4 is 19.6 Å². The first-order valence-electron chi connectivity index (χ1n) is 9.43. The summed E-state index contributed by atoms with van der Waals surface area (Å²) in [4.78, 5) is 31.1. The first-order chi connectivity index (χ1) is 14.9. The summed E-state index contributed by atoms with van der Waals surface area (Å²) in [6.45, 7) is 1.75. The molecule has 0 radical (unpaired) electrons. The highest BCUT2D eigenvalue weighted by atomic mass is 35.5. The molecule has 1 atom stereocenters. The van der Waals surface area contributed by atoms with E-state index in [4.69, 9.17) is 21.1 Å². The van der Waals surface area contributed by atoms with Crippen molar-refractivity contribution in [1.82, 2.24) is 4.57 Å². The summed E-state index contributed by atoms with van der Waals surface area (Å²) in [6, 6.07) is 13.8. The molecule has 2 heterocycles. The molecule has 1 aliphatic rings. The van der Waals surface area contributed by atoms with Crippen LogP contribution >= 0.6 is 22.9 Å². The van der Waals surface area contributed by atoms with Gasteiger partial charge < -0.3 is 9.47 Å². The Morgan fingerprint density at radius 3 is 2.58 bits per heavy atom. The van der Waals surface area contributed by atoms with Gasteiger partial charge in [0.1, 0.15) is 5.75 Å². The lowest BCUT2D eigenvalue weighted by Crippen LogP contribution is -2.39. The van der Waals surface area contributed by atoms with Gasteiger partial charge in [0.15, 0.2) is 4.80 Å². The number of esters is 1. The SMILES string of the molecule is COC(=O)C1=C(C)N=c2sc(=Cc3cccc(Cl)c3)c(=O)n2[C@@H]1c1ccc(OC)cc1. The highest BCUT2D eigenvalue weighted by molar-refractivity contribution is 7.07. The minimum atomic E-state index is -0.656. The Labute approximate surface area is 187 Å². The highest BCUT2D eigenvalue weighted by Gasteiger charge is 2.33. The van der Waals surface area contributed by atoms with Crippen LogP contribution in [0.5, 0.6) is 5.75 Å². The maximum absolute atomic E-state index is 13.4. The molecule has 4 rings (SSSR count). The van der Waals surface area contributed by atoms with E-state index in [9.17, 15) is 9.59 Å². The molecule has 0 amide bonds. The number of allylic oxidation sites excluding steroid dienone is 1. The number of nitrogens with zero attached hydrogens (tertiary/aromatic N) is 2. The molecule has 0 bridgehead atoms. The Kier molecular flexibility index (Phi) is 5.80. The van der Waals surface area contributed by atoms with Gasteiger partial charge in [-0.25, -0.2) is 9.79 Å². The normalized spacial score (nSPS) is 16.0. The standard InChI is InChI=1S/C23H19ClN2O4S/c1-13-19(22(28)30-3)20(15-7-9-17(29-2)10-8-15)26-21(27)18(31-23(26)25-13)12-14-5-4-6-16(24)11-14/h4-12,20H,1-3H3/t20-/m1/s1. The Morgan fingerprint density at radius 2 is 1.94 bits per heavy atom. The maximum atomic E-state index is 13.4. The average Bonchev–Trinajstić information content (AvgIpc) is 3.07. The summed E-state index contributed by atoms with van der Waals surface area (Å²) >= 11 is 7.35. The van der Waals surface area contributed by atoms with Gasteiger partial charge in [0.05, 0.1) is 36.1 Å². The first kappa shape index (κ1) is 21.1. The second-order valence-electron chi connectivity index (χ2n) is 6.90. The minimum Gasteiger partial charge on any atom is -0.497 e. The molecule has 1 aliphatic heterocycles. The highest BCUT2D eigenvalue weighted by Crippen LogP contribution is 2.31. The number of hydrogen-bond donors (Lipinski definition) is 0. The van der Waals surface area contributed by atoms with Crippen molar-refractivity contribution in [2.45, 2.75) is 13.0 Å². The summed E-state index contributed by atoms with van der Waals surface area (Å²) in [5.74, 6) is 0.156. The van der Waals surface area contributed by atoms with Crippen molar-refractivity contribution in [1.29, 1.82) is 0 Å². The fourth-order valence-electron chi connectivity index (χ4n) is 3.54. The molecule has 1 aromatic heterocycles. The molecule has 0 fully saturated rings. The molecule has 0 saturated heterocycles. The zero-order valence-corrected chi connectivity index (χ0v) is 18.7. The summed E-state index contributed by atoms with van der Waals surface area (Å²) in [6.07, 6.45) is 1.78. The second kappa shape index (κ2) is 8.53. The molecular weight excluding hydrogens is 436 g/mol. The van der Waals surface area contributed by atoms with E-state index < -0.39 is 12.0 Å². The Bertz CT molecular complexity index is 1370. The van der Waals surface area contributed by atoms with Crippen molar-refractivity contribution >= 4 is 35.0 Å². The van der Waals surface area contributed by atoms with E-state index >= 15 is 0 Å². The van der Waals surface area contributed by atoms with Gasteiger partial charge in [0.25, 0.3) is 5.56 Å². The van der Waals surface area contributed by atoms with Crippen molar-refractivity contribution < 1.29 is 14.3 Å². The number of benzene rings is 2. The zero-order valence-electron chi connectivity index (χ0n) is 17.1. The summed E-state index contributed by atoms with van der Waals surface area (Å²) in [5, 5.41) is 0.585. The number of fused-ring (bicyclic) bond motifs is 1.